The van der Waals surface area contributed by atoms with E-state index in [2.05, 4.69) is 5.32 Å². The van der Waals surface area contributed by atoms with Crippen molar-refractivity contribution in [2.24, 2.45) is 0 Å². The molecule has 0 bridgehead atoms. The molecule has 0 aliphatic heterocycles. The number of nitrogens with one attached hydrogen (secondary N) is 1. The standard InChI is InChI=1S/C13H12ClF2NOS/c14-13-4-2-10(19-13)8-17-5-6-18-9-1-3-11(15)12(16)7-9/h1-4,7,17H,5-6,8H2. The maximum atomic E-state index is 12.9. The molecule has 0 atom stereocenters. The summed E-state index contributed by atoms with van der Waals surface area (Å²) in [5.41, 5.74) is 0. The molecule has 0 unspecified atom stereocenters. The summed E-state index contributed by atoms with van der Waals surface area (Å²) in [7, 11) is 0. The fourth-order valence-corrected chi connectivity index (χ4v) is 2.52. The minimum atomic E-state index is -0.904. The average Bonchev–Trinajstić information content (AvgIpc) is 2.79. The van der Waals surface area contributed by atoms with Gasteiger partial charge in [-0.1, -0.05) is 11.6 Å². The minimum absolute atomic E-state index is 0.319. The second-order valence-electron chi connectivity index (χ2n) is 3.81. The van der Waals surface area contributed by atoms with Crippen molar-refractivity contribution < 1.29 is 13.5 Å². The van der Waals surface area contributed by atoms with Gasteiger partial charge in [0.15, 0.2) is 11.6 Å². The molecule has 0 radical (unpaired) electrons. The van der Waals surface area contributed by atoms with Crippen LogP contribution in [0, 0.1) is 11.6 Å². The summed E-state index contributed by atoms with van der Waals surface area (Å²) in [6, 6.07) is 7.29. The van der Waals surface area contributed by atoms with Crippen molar-refractivity contribution in [3.8, 4) is 5.75 Å². The van der Waals surface area contributed by atoms with E-state index < -0.39 is 11.6 Å². The molecule has 1 aromatic carbocycles. The van der Waals surface area contributed by atoms with Crippen molar-refractivity contribution >= 4 is 22.9 Å². The Morgan fingerprint density at radius 2 is 2.00 bits per heavy atom. The van der Waals surface area contributed by atoms with Crippen LogP contribution in [-0.4, -0.2) is 13.2 Å². The number of benzene rings is 1. The minimum Gasteiger partial charge on any atom is -0.492 e. The van der Waals surface area contributed by atoms with E-state index in [0.29, 0.717) is 25.4 Å². The van der Waals surface area contributed by atoms with Gasteiger partial charge in [0, 0.05) is 24.0 Å². The van der Waals surface area contributed by atoms with Gasteiger partial charge in [0.05, 0.1) is 4.34 Å². The van der Waals surface area contributed by atoms with E-state index in [1.807, 2.05) is 12.1 Å². The second-order valence-corrected chi connectivity index (χ2v) is 5.61. The summed E-state index contributed by atoms with van der Waals surface area (Å²) in [6.45, 7) is 1.69. The van der Waals surface area contributed by atoms with Crippen molar-refractivity contribution in [1.29, 1.82) is 0 Å². The Hall–Kier alpha value is -1.17. The number of ether oxygens (including phenoxy) is 1. The highest BCUT2D eigenvalue weighted by Crippen LogP contribution is 2.21. The van der Waals surface area contributed by atoms with Gasteiger partial charge in [-0.3, -0.25) is 0 Å². The highest BCUT2D eigenvalue weighted by atomic mass is 35.5. The molecule has 0 aliphatic carbocycles. The molecular weight excluding hydrogens is 292 g/mol. The van der Waals surface area contributed by atoms with E-state index >= 15 is 0 Å². The first-order valence-electron chi connectivity index (χ1n) is 5.68. The van der Waals surface area contributed by atoms with Crippen LogP contribution in [0.25, 0.3) is 0 Å². The van der Waals surface area contributed by atoms with Crippen molar-refractivity contribution in [2.75, 3.05) is 13.2 Å². The SMILES string of the molecule is Fc1ccc(OCCNCc2ccc(Cl)s2)cc1F. The third-order valence-corrected chi connectivity index (χ3v) is 3.60. The van der Waals surface area contributed by atoms with Crippen LogP contribution in [0.5, 0.6) is 5.75 Å². The van der Waals surface area contributed by atoms with Gasteiger partial charge in [0.1, 0.15) is 12.4 Å². The molecule has 0 saturated carbocycles. The summed E-state index contributed by atoms with van der Waals surface area (Å²) in [5.74, 6) is -1.46. The molecule has 1 aromatic heterocycles. The monoisotopic (exact) mass is 303 g/mol. The van der Waals surface area contributed by atoms with E-state index in [0.717, 1.165) is 21.3 Å². The largest absolute Gasteiger partial charge is 0.492 e. The topological polar surface area (TPSA) is 21.3 Å². The van der Waals surface area contributed by atoms with Crippen LogP contribution in [-0.2, 0) is 6.54 Å². The quantitative estimate of drug-likeness (QED) is 0.819. The number of hydrogen-bond donors (Lipinski definition) is 1. The lowest BCUT2D eigenvalue weighted by molar-refractivity contribution is 0.311. The van der Waals surface area contributed by atoms with Crippen molar-refractivity contribution in [3.05, 3.63) is 51.2 Å². The summed E-state index contributed by atoms with van der Waals surface area (Å²) in [6.07, 6.45) is 0. The zero-order chi connectivity index (χ0) is 13.7. The van der Waals surface area contributed by atoms with E-state index in [4.69, 9.17) is 16.3 Å². The molecule has 19 heavy (non-hydrogen) atoms. The zero-order valence-electron chi connectivity index (χ0n) is 9.96. The summed E-state index contributed by atoms with van der Waals surface area (Å²) in [4.78, 5) is 1.14. The molecule has 0 amide bonds. The molecule has 102 valence electrons. The predicted molar refractivity (Wildman–Crippen MR) is 72.9 cm³/mol. The Bertz CT molecular complexity index is 547. The maximum Gasteiger partial charge on any atom is 0.162 e. The lowest BCUT2D eigenvalue weighted by Crippen LogP contribution is -2.20. The maximum absolute atomic E-state index is 12.9. The normalized spacial score (nSPS) is 10.7. The van der Waals surface area contributed by atoms with Crippen molar-refractivity contribution in [2.45, 2.75) is 6.54 Å². The van der Waals surface area contributed by atoms with Crippen LogP contribution in [0.3, 0.4) is 0 Å². The van der Waals surface area contributed by atoms with E-state index in [9.17, 15) is 8.78 Å². The number of hydrogen-bond acceptors (Lipinski definition) is 3. The fraction of sp³-hybridized carbons (Fsp3) is 0.231. The Labute approximate surface area is 119 Å². The van der Waals surface area contributed by atoms with E-state index in [-0.39, 0.29) is 0 Å². The molecule has 2 nitrogen and oxygen atoms in total. The molecule has 0 spiro atoms. The van der Waals surface area contributed by atoms with Gasteiger partial charge in [0.25, 0.3) is 0 Å². The molecule has 1 N–H and O–H groups in total. The van der Waals surface area contributed by atoms with Gasteiger partial charge in [-0.05, 0) is 24.3 Å². The van der Waals surface area contributed by atoms with Crippen LogP contribution >= 0.6 is 22.9 Å². The summed E-state index contributed by atoms with van der Waals surface area (Å²) < 4.78 is 31.6. The molecule has 1 heterocycles. The van der Waals surface area contributed by atoms with Crippen LogP contribution in [0.2, 0.25) is 4.34 Å². The van der Waals surface area contributed by atoms with Gasteiger partial charge >= 0.3 is 0 Å². The smallest absolute Gasteiger partial charge is 0.162 e. The highest BCUT2D eigenvalue weighted by Gasteiger charge is 2.03. The number of halogens is 3. The van der Waals surface area contributed by atoms with Gasteiger partial charge in [-0.2, -0.15) is 0 Å². The lowest BCUT2D eigenvalue weighted by atomic mass is 10.3. The first-order chi connectivity index (χ1) is 9.15. The van der Waals surface area contributed by atoms with Crippen LogP contribution in [0.4, 0.5) is 8.78 Å². The van der Waals surface area contributed by atoms with Crippen LogP contribution < -0.4 is 10.1 Å². The van der Waals surface area contributed by atoms with E-state index in [1.165, 1.54) is 17.4 Å². The van der Waals surface area contributed by atoms with Gasteiger partial charge in [0.2, 0.25) is 0 Å². The molecule has 6 heteroatoms. The average molecular weight is 304 g/mol. The molecular formula is C13H12ClF2NOS. The Kier molecular flexibility index (Phi) is 5.13. The van der Waals surface area contributed by atoms with Gasteiger partial charge in [-0.15, -0.1) is 11.3 Å². The van der Waals surface area contributed by atoms with Crippen LogP contribution in [0.15, 0.2) is 30.3 Å². The fourth-order valence-electron chi connectivity index (χ4n) is 1.47. The number of thiophene rings is 1. The molecule has 2 rings (SSSR count). The molecule has 0 saturated heterocycles. The van der Waals surface area contributed by atoms with Crippen molar-refractivity contribution in [1.82, 2.24) is 5.32 Å². The van der Waals surface area contributed by atoms with Crippen molar-refractivity contribution in [3.63, 3.8) is 0 Å². The Morgan fingerprint density at radius 3 is 2.68 bits per heavy atom. The lowest BCUT2D eigenvalue weighted by Gasteiger charge is -2.07. The first-order valence-corrected chi connectivity index (χ1v) is 6.87. The summed E-state index contributed by atoms with van der Waals surface area (Å²) >= 11 is 7.32. The van der Waals surface area contributed by atoms with E-state index in [1.54, 1.807) is 0 Å². The predicted octanol–water partition coefficient (Wildman–Crippen LogP) is 3.85. The molecule has 2 aromatic rings. The summed E-state index contributed by atoms with van der Waals surface area (Å²) in [5, 5.41) is 3.17. The Balaban J connectivity index is 1.67. The second kappa shape index (κ2) is 6.84. The Morgan fingerprint density at radius 1 is 1.16 bits per heavy atom. The number of rotatable bonds is 6. The van der Waals surface area contributed by atoms with Gasteiger partial charge in [-0.25, -0.2) is 8.78 Å². The highest BCUT2D eigenvalue weighted by molar-refractivity contribution is 7.16. The molecule has 0 fully saturated rings. The zero-order valence-corrected chi connectivity index (χ0v) is 11.5. The van der Waals surface area contributed by atoms with Crippen LogP contribution in [0.1, 0.15) is 4.88 Å². The van der Waals surface area contributed by atoms with Gasteiger partial charge < -0.3 is 10.1 Å². The molecule has 0 aliphatic rings. The third-order valence-electron chi connectivity index (χ3n) is 2.37. The third kappa shape index (κ3) is 4.45. The first kappa shape index (κ1) is 14.2.